The first-order chi connectivity index (χ1) is 7.88. The molecule has 0 saturated heterocycles. The van der Waals surface area contributed by atoms with Crippen LogP contribution >= 0.6 is 0 Å². The predicted octanol–water partition coefficient (Wildman–Crippen LogP) is 1.41. The number of aromatic nitrogens is 4. The third kappa shape index (κ3) is 1.30. The third-order valence-electron chi connectivity index (χ3n) is 2.63. The fraction of sp³-hybridized carbons (Fsp3) is 0.0909. The zero-order chi connectivity index (χ0) is 11.0. The fourth-order valence-electron chi connectivity index (χ4n) is 1.79. The summed E-state index contributed by atoms with van der Waals surface area (Å²) in [7, 11) is 0. The van der Waals surface area contributed by atoms with E-state index in [1.807, 2.05) is 18.3 Å². The van der Waals surface area contributed by atoms with E-state index >= 15 is 0 Å². The molecule has 2 heterocycles. The Morgan fingerprint density at radius 3 is 3.00 bits per heavy atom. The molecule has 0 aliphatic rings. The van der Waals surface area contributed by atoms with Crippen molar-refractivity contribution in [3.05, 3.63) is 36.2 Å². The molecule has 4 N–H and O–H groups in total. The summed E-state index contributed by atoms with van der Waals surface area (Å²) < 4.78 is 0. The summed E-state index contributed by atoms with van der Waals surface area (Å²) in [6.07, 6.45) is 3.58. The Morgan fingerprint density at radius 2 is 2.25 bits per heavy atom. The SMILES string of the molecule is NCc1ccc2[nH]nc(-c3cn[nH]c3)c2c1. The van der Waals surface area contributed by atoms with Gasteiger partial charge in [0.1, 0.15) is 5.69 Å². The number of hydrogen-bond acceptors (Lipinski definition) is 3. The van der Waals surface area contributed by atoms with Gasteiger partial charge >= 0.3 is 0 Å². The van der Waals surface area contributed by atoms with Crippen molar-refractivity contribution in [3.63, 3.8) is 0 Å². The summed E-state index contributed by atoms with van der Waals surface area (Å²) in [5, 5.41) is 15.1. The van der Waals surface area contributed by atoms with Gasteiger partial charge in [-0.3, -0.25) is 10.2 Å². The normalized spacial score (nSPS) is 11.1. The number of nitrogens with zero attached hydrogens (tertiary/aromatic N) is 2. The van der Waals surface area contributed by atoms with E-state index in [1.54, 1.807) is 6.20 Å². The summed E-state index contributed by atoms with van der Waals surface area (Å²) in [5.41, 5.74) is 9.61. The van der Waals surface area contributed by atoms with Gasteiger partial charge in [0.25, 0.3) is 0 Å². The van der Waals surface area contributed by atoms with Gasteiger partial charge in [-0.05, 0) is 17.7 Å². The van der Waals surface area contributed by atoms with E-state index in [2.05, 4.69) is 26.5 Å². The van der Waals surface area contributed by atoms with E-state index in [1.165, 1.54) is 0 Å². The number of nitrogens with two attached hydrogens (primary N) is 1. The van der Waals surface area contributed by atoms with Crippen LogP contribution in [0.15, 0.2) is 30.6 Å². The van der Waals surface area contributed by atoms with Gasteiger partial charge in [-0.1, -0.05) is 6.07 Å². The van der Waals surface area contributed by atoms with Crippen LogP contribution in [0.2, 0.25) is 0 Å². The van der Waals surface area contributed by atoms with Gasteiger partial charge in [0.05, 0.1) is 11.7 Å². The Balaban J connectivity index is 2.25. The van der Waals surface area contributed by atoms with Crippen LogP contribution in [0.1, 0.15) is 5.56 Å². The lowest BCUT2D eigenvalue weighted by Gasteiger charge is -1.97. The molecule has 0 bridgehead atoms. The number of aromatic amines is 2. The molecule has 5 nitrogen and oxygen atoms in total. The topological polar surface area (TPSA) is 83.4 Å². The summed E-state index contributed by atoms with van der Waals surface area (Å²) >= 11 is 0. The summed E-state index contributed by atoms with van der Waals surface area (Å²) in [5.74, 6) is 0. The lowest BCUT2D eigenvalue weighted by molar-refractivity contribution is 1.07. The molecule has 80 valence electrons. The summed E-state index contributed by atoms with van der Waals surface area (Å²) in [6, 6.07) is 6.05. The minimum Gasteiger partial charge on any atom is -0.326 e. The van der Waals surface area contributed by atoms with Gasteiger partial charge in [-0.15, -0.1) is 0 Å². The molecular weight excluding hydrogens is 202 g/mol. The summed E-state index contributed by atoms with van der Waals surface area (Å²) in [4.78, 5) is 0. The Kier molecular flexibility index (Phi) is 1.97. The number of H-pyrrole nitrogens is 2. The van der Waals surface area contributed by atoms with E-state index in [-0.39, 0.29) is 0 Å². The Morgan fingerprint density at radius 1 is 1.31 bits per heavy atom. The first kappa shape index (κ1) is 9.11. The minimum absolute atomic E-state index is 0.534. The van der Waals surface area contributed by atoms with Crippen molar-refractivity contribution in [2.75, 3.05) is 0 Å². The molecule has 0 aliphatic heterocycles. The number of benzene rings is 1. The van der Waals surface area contributed by atoms with Gasteiger partial charge in [0.15, 0.2) is 0 Å². The van der Waals surface area contributed by atoms with Crippen LogP contribution in [0.5, 0.6) is 0 Å². The molecule has 2 aromatic heterocycles. The van der Waals surface area contributed by atoms with Gasteiger partial charge in [0, 0.05) is 23.7 Å². The van der Waals surface area contributed by atoms with Gasteiger partial charge < -0.3 is 5.73 Å². The number of hydrogen-bond donors (Lipinski definition) is 3. The van der Waals surface area contributed by atoms with Crippen LogP contribution in [-0.2, 0) is 6.54 Å². The molecule has 0 spiro atoms. The molecule has 16 heavy (non-hydrogen) atoms. The summed E-state index contributed by atoms with van der Waals surface area (Å²) in [6.45, 7) is 0.534. The minimum atomic E-state index is 0.534. The maximum absolute atomic E-state index is 5.63. The Hall–Kier alpha value is -2.14. The quantitative estimate of drug-likeness (QED) is 0.601. The molecule has 1 aromatic carbocycles. The van der Waals surface area contributed by atoms with Gasteiger partial charge in [0.2, 0.25) is 0 Å². The van der Waals surface area contributed by atoms with Crippen molar-refractivity contribution in [1.82, 2.24) is 20.4 Å². The number of nitrogens with one attached hydrogen (secondary N) is 2. The van der Waals surface area contributed by atoms with Gasteiger partial charge in [-0.2, -0.15) is 10.2 Å². The van der Waals surface area contributed by atoms with Crippen LogP contribution in [0, 0.1) is 0 Å². The fourth-order valence-corrected chi connectivity index (χ4v) is 1.79. The molecule has 0 aliphatic carbocycles. The lowest BCUT2D eigenvalue weighted by atomic mass is 10.1. The molecule has 3 aromatic rings. The maximum atomic E-state index is 5.63. The highest BCUT2D eigenvalue weighted by atomic mass is 15.1. The second-order valence-corrected chi connectivity index (χ2v) is 3.64. The highest BCUT2D eigenvalue weighted by molar-refractivity contribution is 5.92. The van der Waals surface area contributed by atoms with E-state index in [0.29, 0.717) is 6.54 Å². The average molecular weight is 213 g/mol. The second kappa shape index (κ2) is 3.46. The first-order valence-electron chi connectivity index (χ1n) is 5.04. The Bertz CT molecular complexity index is 608. The van der Waals surface area contributed by atoms with E-state index in [9.17, 15) is 0 Å². The largest absolute Gasteiger partial charge is 0.326 e. The molecular formula is C11H11N5. The Labute approximate surface area is 91.7 Å². The standard InChI is InChI=1S/C11H11N5/c12-4-7-1-2-10-9(3-7)11(16-15-10)8-5-13-14-6-8/h1-3,5-6H,4,12H2,(H,13,14)(H,15,16). The molecule has 0 radical (unpaired) electrons. The highest BCUT2D eigenvalue weighted by Crippen LogP contribution is 2.25. The first-order valence-corrected chi connectivity index (χ1v) is 5.04. The van der Waals surface area contributed by atoms with Crippen molar-refractivity contribution in [3.8, 4) is 11.3 Å². The van der Waals surface area contributed by atoms with Crippen molar-refractivity contribution in [2.24, 2.45) is 5.73 Å². The van der Waals surface area contributed by atoms with E-state index in [0.717, 1.165) is 27.7 Å². The molecule has 5 heteroatoms. The number of rotatable bonds is 2. The molecule has 0 atom stereocenters. The van der Waals surface area contributed by atoms with Crippen molar-refractivity contribution in [1.29, 1.82) is 0 Å². The van der Waals surface area contributed by atoms with Crippen LogP contribution in [0.3, 0.4) is 0 Å². The zero-order valence-electron chi connectivity index (χ0n) is 8.57. The lowest BCUT2D eigenvalue weighted by Crippen LogP contribution is -1.95. The monoisotopic (exact) mass is 213 g/mol. The van der Waals surface area contributed by atoms with Gasteiger partial charge in [-0.25, -0.2) is 0 Å². The molecule has 0 amide bonds. The highest BCUT2D eigenvalue weighted by Gasteiger charge is 2.08. The molecule has 3 rings (SSSR count). The predicted molar refractivity (Wildman–Crippen MR) is 61.6 cm³/mol. The van der Waals surface area contributed by atoms with Crippen LogP contribution in [0.4, 0.5) is 0 Å². The molecule has 0 fully saturated rings. The van der Waals surface area contributed by atoms with Crippen LogP contribution in [-0.4, -0.2) is 20.4 Å². The van der Waals surface area contributed by atoms with Crippen LogP contribution < -0.4 is 5.73 Å². The average Bonchev–Trinajstić information content (AvgIpc) is 2.96. The maximum Gasteiger partial charge on any atom is 0.103 e. The number of fused-ring (bicyclic) bond motifs is 1. The van der Waals surface area contributed by atoms with Crippen LogP contribution in [0.25, 0.3) is 22.2 Å². The van der Waals surface area contributed by atoms with Crippen molar-refractivity contribution in [2.45, 2.75) is 6.54 Å². The smallest absolute Gasteiger partial charge is 0.103 e. The van der Waals surface area contributed by atoms with Crippen molar-refractivity contribution < 1.29 is 0 Å². The molecule has 0 unspecified atom stereocenters. The van der Waals surface area contributed by atoms with Crippen molar-refractivity contribution >= 4 is 10.9 Å². The molecule has 0 saturated carbocycles. The van der Waals surface area contributed by atoms with E-state index in [4.69, 9.17) is 5.73 Å². The zero-order valence-corrected chi connectivity index (χ0v) is 8.57. The van der Waals surface area contributed by atoms with E-state index < -0.39 is 0 Å². The third-order valence-corrected chi connectivity index (χ3v) is 2.63. The second-order valence-electron chi connectivity index (χ2n) is 3.64.